The molecule has 1 unspecified atom stereocenters. The second-order valence-corrected chi connectivity index (χ2v) is 8.32. The van der Waals surface area contributed by atoms with Crippen LogP contribution in [-0.2, 0) is 0 Å². The monoisotopic (exact) mass is 380 g/mol. The Bertz CT molecular complexity index is 872. The van der Waals surface area contributed by atoms with Gasteiger partial charge in [0.1, 0.15) is 0 Å². The number of carbonyl (C=O) groups is 1. The average molecular weight is 381 g/mol. The van der Waals surface area contributed by atoms with E-state index in [4.69, 9.17) is 0 Å². The molecule has 0 radical (unpaired) electrons. The van der Waals surface area contributed by atoms with E-state index in [2.05, 4.69) is 72.8 Å². The second-order valence-electron chi connectivity index (χ2n) is 8.32. The molecule has 150 valence electrons. The molecule has 1 aliphatic heterocycles. The van der Waals surface area contributed by atoms with Crippen molar-refractivity contribution in [3.63, 3.8) is 0 Å². The number of H-pyrrole nitrogens is 1. The van der Waals surface area contributed by atoms with Gasteiger partial charge in [0.25, 0.3) is 0 Å². The van der Waals surface area contributed by atoms with Crippen molar-refractivity contribution in [1.29, 1.82) is 0 Å². The number of nitrogens with zero attached hydrogens (tertiary/aromatic N) is 1. The largest absolute Gasteiger partial charge is 0.373 e. The van der Waals surface area contributed by atoms with E-state index in [0.717, 1.165) is 30.6 Å². The topological polar surface area (TPSA) is 60.2 Å². The molecule has 0 bridgehead atoms. The van der Waals surface area contributed by atoms with Gasteiger partial charge in [-0.2, -0.15) is 0 Å². The first-order valence-corrected chi connectivity index (χ1v) is 10.1. The number of hydrogen-bond donors (Lipinski definition) is 3. The van der Waals surface area contributed by atoms with Crippen LogP contribution in [0.4, 0.5) is 10.5 Å². The number of amides is 2. The van der Waals surface area contributed by atoms with Crippen molar-refractivity contribution in [2.45, 2.75) is 52.0 Å². The summed E-state index contributed by atoms with van der Waals surface area (Å²) in [7, 11) is 0. The fourth-order valence-corrected chi connectivity index (χ4v) is 3.58. The third-order valence-electron chi connectivity index (χ3n) is 5.19. The molecule has 0 aliphatic carbocycles. The first-order valence-electron chi connectivity index (χ1n) is 10.1. The molecule has 3 N–H and O–H groups in total. The highest BCUT2D eigenvalue weighted by Crippen LogP contribution is 2.34. The van der Waals surface area contributed by atoms with Gasteiger partial charge in [-0.15, -0.1) is 0 Å². The normalized spacial score (nSPS) is 17.4. The zero-order valence-electron chi connectivity index (χ0n) is 17.4. The average Bonchev–Trinajstić information content (AvgIpc) is 3.08. The summed E-state index contributed by atoms with van der Waals surface area (Å²) in [5.41, 5.74) is 3.34. The van der Waals surface area contributed by atoms with Gasteiger partial charge in [-0.25, -0.2) is 4.79 Å². The summed E-state index contributed by atoms with van der Waals surface area (Å²) in [6.45, 7) is 10.4. The molecule has 1 aliphatic rings. The standard InChI is InChI=1S/C23H32N4O/c1-5-6-7-12-24-22(28)26-18-8-9-21-19(15-18)20(16-25-21)17-10-13-27(14-11-17)23(2,3)4/h6-10,13,15-17,25H,5,11-12,14H2,1-4H3,(H2,24,26,28)/b7-6+. The number of carbonyl (C=O) groups excluding carboxylic acids is 1. The maximum atomic E-state index is 12.1. The summed E-state index contributed by atoms with van der Waals surface area (Å²) >= 11 is 0. The van der Waals surface area contributed by atoms with Gasteiger partial charge in [0.15, 0.2) is 0 Å². The van der Waals surface area contributed by atoms with Gasteiger partial charge >= 0.3 is 6.03 Å². The van der Waals surface area contributed by atoms with E-state index in [0.29, 0.717) is 12.5 Å². The molecule has 0 saturated carbocycles. The molecule has 3 rings (SSSR count). The predicted octanol–water partition coefficient (Wildman–Crippen LogP) is 5.36. The number of nitrogens with one attached hydrogen (secondary N) is 3. The smallest absolute Gasteiger partial charge is 0.319 e. The van der Waals surface area contributed by atoms with E-state index in [1.54, 1.807) is 0 Å². The van der Waals surface area contributed by atoms with Gasteiger partial charge in [0.2, 0.25) is 0 Å². The van der Waals surface area contributed by atoms with Crippen molar-refractivity contribution in [3.05, 3.63) is 54.4 Å². The molecule has 0 spiro atoms. The molecule has 5 nitrogen and oxygen atoms in total. The maximum absolute atomic E-state index is 12.1. The first-order chi connectivity index (χ1) is 13.4. The third kappa shape index (κ3) is 4.77. The number of anilines is 1. The van der Waals surface area contributed by atoms with Crippen molar-refractivity contribution in [2.24, 2.45) is 0 Å². The van der Waals surface area contributed by atoms with Gasteiger partial charge in [-0.1, -0.05) is 25.2 Å². The van der Waals surface area contributed by atoms with Crippen LogP contribution >= 0.6 is 0 Å². The lowest BCUT2D eigenvalue weighted by Gasteiger charge is -2.38. The second kappa shape index (κ2) is 8.55. The fraction of sp³-hybridized carbons (Fsp3) is 0.435. The highest BCUT2D eigenvalue weighted by Gasteiger charge is 2.24. The van der Waals surface area contributed by atoms with Crippen molar-refractivity contribution >= 4 is 22.6 Å². The summed E-state index contributed by atoms with van der Waals surface area (Å²) in [4.78, 5) is 17.8. The van der Waals surface area contributed by atoms with Gasteiger partial charge < -0.3 is 20.5 Å². The van der Waals surface area contributed by atoms with E-state index in [9.17, 15) is 4.79 Å². The number of urea groups is 1. The Labute approximate surface area is 167 Å². The Balaban J connectivity index is 1.73. The first kappa shape index (κ1) is 20.1. The molecule has 5 heteroatoms. The molecular weight excluding hydrogens is 348 g/mol. The zero-order valence-corrected chi connectivity index (χ0v) is 17.4. The molecule has 1 aromatic heterocycles. The van der Waals surface area contributed by atoms with Crippen molar-refractivity contribution in [2.75, 3.05) is 18.4 Å². The molecule has 1 aromatic carbocycles. The summed E-state index contributed by atoms with van der Waals surface area (Å²) in [5, 5.41) is 6.95. The van der Waals surface area contributed by atoms with Crippen molar-refractivity contribution < 1.29 is 4.79 Å². The van der Waals surface area contributed by atoms with E-state index >= 15 is 0 Å². The van der Waals surface area contributed by atoms with Crippen LogP contribution in [0.15, 0.2) is 48.8 Å². The number of aromatic amines is 1. The molecule has 28 heavy (non-hydrogen) atoms. The summed E-state index contributed by atoms with van der Waals surface area (Å²) in [6, 6.07) is 5.84. The van der Waals surface area contributed by atoms with Crippen molar-refractivity contribution in [1.82, 2.24) is 15.2 Å². The van der Waals surface area contributed by atoms with E-state index < -0.39 is 0 Å². The van der Waals surface area contributed by atoms with Gasteiger partial charge in [-0.05, 0) is 63.6 Å². The Hall–Kier alpha value is -2.69. The van der Waals surface area contributed by atoms with Crippen LogP contribution in [-0.4, -0.2) is 34.5 Å². The molecule has 2 amide bonds. The maximum Gasteiger partial charge on any atom is 0.319 e. The SMILES string of the molecule is CC/C=C/CNC(=O)Nc1ccc2[nH]cc(C3C=CN(C(C)(C)C)CC3)c2c1. The molecule has 0 saturated heterocycles. The number of hydrogen-bond acceptors (Lipinski definition) is 2. The quantitative estimate of drug-likeness (QED) is 0.612. The highest BCUT2D eigenvalue weighted by atomic mass is 16.2. The minimum absolute atomic E-state index is 0.151. The van der Waals surface area contributed by atoms with Crippen LogP contribution in [0.25, 0.3) is 10.9 Å². The van der Waals surface area contributed by atoms with E-state index in [1.807, 2.05) is 24.3 Å². The third-order valence-corrected chi connectivity index (χ3v) is 5.19. The van der Waals surface area contributed by atoms with E-state index in [-0.39, 0.29) is 11.6 Å². The van der Waals surface area contributed by atoms with Crippen LogP contribution in [0.5, 0.6) is 0 Å². The molecular formula is C23H32N4O. The van der Waals surface area contributed by atoms with Crippen LogP contribution in [0.2, 0.25) is 0 Å². The number of benzene rings is 1. The number of fused-ring (bicyclic) bond motifs is 1. The minimum Gasteiger partial charge on any atom is -0.373 e. The van der Waals surface area contributed by atoms with Gasteiger partial charge in [0.05, 0.1) is 0 Å². The number of allylic oxidation sites excluding steroid dienone is 2. The minimum atomic E-state index is -0.185. The summed E-state index contributed by atoms with van der Waals surface area (Å²) in [6.07, 6.45) is 12.7. The van der Waals surface area contributed by atoms with Crippen LogP contribution in [0, 0.1) is 0 Å². The van der Waals surface area contributed by atoms with Gasteiger partial charge in [0, 0.05) is 47.3 Å². The molecule has 0 fully saturated rings. The Morgan fingerprint density at radius 2 is 2.14 bits per heavy atom. The van der Waals surface area contributed by atoms with Crippen LogP contribution in [0.3, 0.4) is 0 Å². The van der Waals surface area contributed by atoms with Crippen LogP contribution in [0.1, 0.15) is 52.0 Å². The summed E-state index contributed by atoms with van der Waals surface area (Å²) < 4.78 is 0. The van der Waals surface area contributed by atoms with Gasteiger partial charge in [-0.3, -0.25) is 0 Å². The van der Waals surface area contributed by atoms with E-state index in [1.165, 1.54) is 10.9 Å². The Morgan fingerprint density at radius 3 is 2.82 bits per heavy atom. The highest BCUT2D eigenvalue weighted by molar-refractivity contribution is 5.94. The lowest BCUT2D eigenvalue weighted by Crippen LogP contribution is -2.39. The number of rotatable bonds is 5. The predicted molar refractivity (Wildman–Crippen MR) is 118 cm³/mol. The zero-order chi connectivity index (χ0) is 20.1. The van der Waals surface area contributed by atoms with Crippen molar-refractivity contribution in [3.8, 4) is 0 Å². The molecule has 2 heterocycles. The molecule has 2 aromatic rings. The van der Waals surface area contributed by atoms with Crippen LogP contribution < -0.4 is 10.6 Å². The number of aromatic nitrogens is 1. The Kier molecular flexibility index (Phi) is 6.12. The summed E-state index contributed by atoms with van der Waals surface area (Å²) in [5.74, 6) is 0.385. The fourth-order valence-electron chi connectivity index (χ4n) is 3.58. The lowest BCUT2D eigenvalue weighted by molar-refractivity contribution is 0.192. The lowest BCUT2D eigenvalue weighted by atomic mass is 9.91. The Morgan fingerprint density at radius 1 is 1.32 bits per heavy atom. The molecule has 1 atom stereocenters.